The minimum Gasteiger partial charge on any atom is -0.491 e. The largest absolute Gasteiger partial charge is 0.491 e. The number of carbonyl (C=O) groups excluding carboxylic acids is 1. The van der Waals surface area contributed by atoms with Crippen LogP contribution in [0.4, 0.5) is 10.1 Å². The smallest absolute Gasteiger partial charge is 0.303 e. The minimum absolute atomic E-state index is 0.0511. The van der Waals surface area contributed by atoms with Crippen LogP contribution < -0.4 is 10.1 Å². The van der Waals surface area contributed by atoms with Crippen molar-refractivity contribution in [2.45, 2.75) is 65.3 Å². The first kappa shape index (κ1) is 27.0. The molecule has 7 heteroatoms. The molecule has 0 unspecified atom stereocenters. The third-order valence-electron chi connectivity index (χ3n) is 6.15. The molecule has 0 aliphatic carbocycles. The molecule has 0 spiro atoms. The van der Waals surface area contributed by atoms with E-state index in [0.29, 0.717) is 11.7 Å². The molecule has 0 atom stereocenters. The third kappa shape index (κ3) is 7.20. The number of nitrogens with one attached hydrogen (secondary N) is 1. The van der Waals surface area contributed by atoms with Gasteiger partial charge < -0.3 is 19.7 Å². The molecule has 192 valence electrons. The fraction of sp³-hybridized carbons (Fsp3) is 0.379. The highest BCUT2D eigenvalue weighted by atomic mass is 19.1. The van der Waals surface area contributed by atoms with Crippen LogP contribution in [0.5, 0.6) is 5.75 Å². The number of aliphatic carboxylic acids is 1. The molecular weight excluding hydrogens is 459 g/mol. The summed E-state index contributed by atoms with van der Waals surface area (Å²) in [4.78, 5) is 23.4. The number of aromatic nitrogens is 1. The summed E-state index contributed by atoms with van der Waals surface area (Å²) in [5.74, 6) is -1.63. The number of carboxylic acid groups (broad SMARTS) is 1. The number of hydrogen-bond acceptors (Lipinski definition) is 3. The van der Waals surface area contributed by atoms with Crippen LogP contribution in [0.15, 0.2) is 54.7 Å². The average Bonchev–Trinajstić information content (AvgIpc) is 3.26. The maximum atomic E-state index is 13.7. The summed E-state index contributed by atoms with van der Waals surface area (Å²) in [5.41, 5.74) is 3.26. The molecule has 0 aliphatic heterocycles. The van der Waals surface area contributed by atoms with Crippen LogP contribution in [0.25, 0.3) is 16.5 Å². The van der Waals surface area contributed by atoms with E-state index in [1.807, 2.05) is 13.0 Å². The number of anilines is 1. The topological polar surface area (TPSA) is 80.6 Å². The van der Waals surface area contributed by atoms with Gasteiger partial charge in [-0.1, -0.05) is 32.8 Å². The van der Waals surface area contributed by atoms with E-state index in [2.05, 4.69) is 48.1 Å². The van der Waals surface area contributed by atoms with Crippen molar-refractivity contribution in [3.8, 4) is 5.75 Å². The van der Waals surface area contributed by atoms with E-state index in [-0.39, 0.29) is 31.1 Å². The van der Waals surface area contributed by atoms with Gasteiger partial charge in [-0.25, -0.2) is 4.39 Å². The van der Waals surface area contributed by atoms with E-state index >= 15 is 0 Å². The highest BCUT2D eigenvalue weighted by molar-refractivity contribution is 6.04. The Kier molecular flexibility index (Phi) is 9.68. The minimum atomic E-state index is -0.927. The van der Waals surface area contributed by atoms with Gasteiger partial charge in [-0.2, -0.15) is 0 Å². The molecule has 36 heavy (non-hydrogen) atoms. The summed E-state index contributed by atoms with van der Waals surface area (Å²) < 4.78 is 21.6. The van der Waals surface area contributed by atoms with Crippen molar-refractivity contribution in [1.82, 2.24) is 4.57 Å². The van der Waals surface area contributed by atoms with Crippen LogP contribution >= 0.6 is 0 Å². The van der Waals surface area contributed by atoms with Gasteiger partial charge in [-0.05, 0) is 67.7 Å². The Balaban J connectivity index is 1.73. The van der Waals surface area contributed by atoms with E-state index in [1.54, 1.807) is 0 Å². The predicted molar refractivity (Wildman–Crippen MR) is 142 cm³/mol. The molecule has 1 aromatic heterocycles. The lowest BCUT2D eigenvalue weighted by molar-refractivity contribution is -0.137. The lowest BCUT2D eigenvalue weighted by Crippen LogP contribution is -2.11. The van der Waals surface area contributed by atoms with Gasteiger partial charge in [-0.3, -0.25) is 9.59 Å². The van der Waals surface area contributed by atoms with E-state index in [0.717, 1.165) is 42.2 Å². The van der Waals surface area contributed by atoms with Crippen LogP contribution in [0.2, 0.25) is 0 Å². The van der Waals surface area contributed by atoms with Gasteiger partial charge in [-0.15, -0.1) is 0 Å². The molecule has 3 aromatic rings. The predicted octanol–water partition coefficient (Wildman–Crippen LogP) is 7.21. The zero-order valence-corrected chi connectivity index (χ0v) is 21.2. The Morgan fingerprint density at radius 3 is 2.56 bits per heavy atom. The maximum absolute atomic E-state index is 13.7. The first-order chi connectivity index (χ1) is 17.3. The number of allylic oxidation sites excluding steroid dienone is 1. The lowest BCUT2D eigenvalue weighted by atomic mass is 10.0. The van der Waals surface area contributed by atoms with Crippen molar-refractivity contribution in [1.29, 1.82) is 0 Å². The Morgan fingerprint density at radius 1 is 1.11 bits per heavy atom. The fourth-order valence-electron chi connectivity index (χ4n) is 4.39. The summed E-state index contributed by atoms with van der Waals surface area (Å²) in [6, 6.07) is 12.7. The molecule has 1 heterocycles. The molecule has 3 rings (SSSR count). The first-order valence-corrected chi connectivity index (χ1v) is 12.6. The highest BCUT2D eigenvalue weighted by Crippen LogP contribution is 2.29. The zero-order valence-electron chi connectivity index (χ0n) is 21.2. The quantitative estimate of drug-likeness (QED) is 0.194. The molecule has 6 nitrogen and oxygen atoms in total. The van der Waals surface area contributed by atoms with Gasteiger partial charge >= 0.3 is 5.97 Å². The Hall–Kier alpha value is -3.61. The van der Waals surface area contributed by atoms with Crippen LogP contribution in [0.1, 0.15) is 70.9 Å². The number of fused-ring (bicyclic) bond motifs is 1. The Bertz CT molecular complexity index is 1230. The van der Waals surface area contributed by atoms with E-state index in [9.17, 15) is 14.0 Å². The molecule has 2 N–H and O–H groups in total. The molecule has 0 bridgehead atoms. The summed E-state index contributed by atoms with van der Waals surface area (Å²) in [7, 11) is 0. The standard InChI is InChI=1S/C29H35FN2O4/c1-4-7-24(8-5-2)32-15-14-22-18-21(10-13-26(22)32)20(3)17-28(33)31-25-12-11-23(30)19-27(25)36-16-6-9-29(34)35/h10-15,17-19,24H,4-9,16H2,1-3H3,(H,31,33)(H,34,35)/b20-17+. The number of halogens is 1. The van der Waals surface area contributed by atoms with Crippen molar-refractivity contribution in [2.75, 3.05) is 11.9 Å². The maximum Gasteiger partial charge on any atom is 0.303 e. The molecular formula is C29H35FN2O4. The van der Waals surface area contributed by atoms with Crippen molar-refractivity contribution < 1.29 is 23.8 Å². The molecule has 2 aromatic carbocycles. The molecule has 1 amide bonds. The molecule has 0 saturated carbocycles. The number of nitrogens with zero attached hydrogens (tertiary/aromatic N) is 1. The summed E-state index contributed by atoms with van der Waals surface area (Å²) >= 11 is 0. The van der Waals surface area contributed by atoms with Crippen LogP contribution in [-0.4, -0.2) is 28.2 Å². The fourth-order valence-corrected chi connectivity index (χ4v) is 4.39. The number of ether oxygens (including phenoxy) is 1. The average molecular weight is 495 g/mol. The second-order valence-electron chi connectivity index (χ2n) is 9.03. The third-order valence-corrected chi connectivity index (χ3v) is 6.15. The van der Waals surface area contributed by atoms with Crippen LogP contribution in [0, 0.1) is 5.82 Å². The number of hydrogen-bond donors (Lipinski definition) is 2. The summed E-state index contributed by atoms with van der Waals surface area (Å²) in [5, 5.41) is 12.6. The molecule has 0 saturated heterocycles. The molecule has 0 aliphatic rings. The second-order valence-corrected chi connectivity index (χ2v) is 9.03. The number of carbonyl (C=O) groups is 2. The second kappa shape index (κ2) is 12.9. The van der Waals surface area contributed by atoms with Crippen molar-refractivity contribution in [2.24, 2.45) is 0 Å². The van der Waals surface area contributed by atoms with Gasteiger partial charge in [0.1, 0.15) is 11.6 Å². The van der Waals surface area contributed by atoms with Gasteiger partial charge in [0.05, 0.1) is 12.3 Å². The highest BCUT2D eigenvalue weighted by Gasteiger charge is 2.13. The number of rotatable bonds is 13. The Labute approximate surface area is 211 Å². The first-order valence-electron chi connectivity index (χ1n) is 12.6. The SMILES string of the molecule is CCCC(CCC)n1ccc2cc(/C(C)=C/C(=O)Nc3ccc(F)cc3OCCCC(=O)O)ccc21. The van der Waals surface area contributed by atoms with Crippen molar-refractivity contribution in [3.63, 3.8) is 0 Å². The zero-order chi connectivity index (χ0) is 26.1. The Morgan fingerprint density at radius 2 is 1.86 bits per heavy atom. The van der Waals surface area contributed by atoms with Crippen molar-refractivity contribution in [3.05, 3.63) is 66.1 Å². The van der Waals surface area contributed by atoms with Crippen LogP contribution in [0.3, 0.4) is 0 Å². The van der Waals surface area contributed by atoms with Gasteiger partial charge in [0.15, 0.2) is 0 Å². The van der Waals surface area contributed by atoms with E-state index < -0.39 is 11.8 Å². The number of benzene rings is 2. The van der Waals surface area contributed by atoms with E-state index in [1.165, 1.54) is 29.8 Å². The number of carboxylic acids is 1. The van der Waals surface area contributed by atoms with E-state index in [4.69, 9.17) is 9.84 Å². The van der Waals surface area contributed by atoms with Gasteiger partial charge in [0.2, 0.25) is 5.91 Å². The van der Waals surface area contributed by atoms with Gasteiger partial charge in [0, 0.05) is 41.7 Å². The number of amides is 1. The summed E-state index contributed by atoms with van der Waals surface area (Å²) in [6.45, 7) is 6.41. The van der Waals surface area contributed by atoms with Crippen molar-refractivity contribution >= 4 is 34.0 Å². The van der Waals surface area contributed by atoms with Gasteiger partial charge in [0.25, 0.3) is 0 Å². The monoisotopic (exact) mass is 494 g/mol. The lowest BCUT2D eigenvalue weighted by Gasteiger charge is -2.19. The summed E-state index contributed by atoms with van der Waals surface area (Å²) in [6.07, 6.45) is 8.46. The molecule has 0 radical (unpaired) electrons. The molecule has 0 fully saturated rings. The normalized spacial score (nSPS) is 11.8. The van der Waals surface area contributed by atoms with Crippen LogP contribution in [-0.2, 0) is 9.59 Å².